The first kappa shape index (κ1) is 12.9. The molecular weight excluding hydrogens is 200 g/mol. The predicted molar refractivity (Wildman–Crippen MR) is 67.7 cm³/mol. The number of unbranched alkanes of at least 4 members (excludes halogenated alkanes) is 1. The third kappa shape index (κ3) is 3.77. The van der Waals surface area contributed by atoms with Gasteiger partial charge in [-0.3, -0.25) is 0 Å². The average Bonchev–Trinajstić information content (AvgIpc) is 2.22. The Morgan fingerprint density at radius 2 is 1.81 bits per heavy atom. The number of nitrogens with two attached hydrogens (primary N) is 1. The van der Waals surface area contributed by atoms with E-state index in [2.05, 4.69) is 21.8 Å². The van der Waals surface area contributed by atoms with Crippen LogP contribution in [-0.4, -0.2) is 29.6 Å². The molecule has 4 heteroatoms. The molecule has 0 atom stereocenters. The van der Waals surface area contributed by atoms with E-state index in [0.717, 1.165) is 36.8 Å². The Morgan fingerprint density at radius 1 is 1.19 bits per heavy atom. The zero-order valence-electron chi connectivity index (χ0n) is 10.5. The molecule has 1 aromatic heterocycles. The molecule has 90 valence electrons. The lowest BCUT2D eigenvalue weighted by Crippen LogP contribution is -2.32. The fourth-order valence-corrected chi connectivity index (χ4v) is 1.67. The summed E-state index contributed by atoms with van der Waals surface area (Å²) in [4.78, 5) is 11.1. The number of aryl methyl sites for hydroxylation is 2. The van der Waals surface area contributed by atoms with Crippen molar-refractivity contribution in [1.29, 1.82) is 0 Å². The van der Waals surface area contributed by atoms with Crippen molar-refractivity contribution in [2.75, 3.05) is 24.5 Å². The standard InChI is InChI=1S/C12H22N4/c1-4-5-7-16(8-6-13)12-14-10(2)9-11(3)15-12/h9H,4-8,13H2,1-3H3. The Hall–Kier alpha value is -1.16. The van der Waals surface area contributed by atoms with Crippen LogP contribution in [0.5, 0.6) is 0 Å². The first-order valence-corrected chi connectivity index (χ1v) is 5.94. The van der Waals surface area contributed by atoms with Crippen LogP contribution in [-0.2, 0) is 0 Å². The Morgan fingerprint density at radius 3 is 2.31 bits per heavy atom. The van der Waals surface area contributed by atoms with E-state index in [9.17, 15) is 0 Å². The lowest BCUT2D eigenvalue weighted by atomic mass is 10.3. The molecule has 0 bridgehead atoms. The van der Waals surface area contributed by atoms with Crippen molar-refractivity contribution < 1.29 is 0 Å². The van der Waals surface area contributed by atoms with E-state index in [1.54, 1.807) is 0 Å². The van der Waals surface area contributed by atoms with Gasteiger partial charge in [0.05, 0.1) is 0 Å². The Balaban J connectivity index is 2.82. The van der Waals surface area contributed by atoms with Crippen LogP contribution in [0.1, 0.15) is 31.2 Å². The quantitative estimate of drug-likeness (QED) is 0.795. The highest BCUT2D eigenvalue weighted by atomic mass is 15.2. The molecule has 0 spiro atoms. The normalized spacial score (nSPS) is 10.5. The Bertz CT molecular complexity index is 305. The monoisotopic (exact) mass is 222 g/mol. The van der Waals surface area contributed by atoms with Crippen molar-refractivity contribution >= 4 is 5.95 Å². The van der Waals surface area contributed by atoms with Gasteiger partial charge in [-0.05, 0) is 26.3 Å². The van der Waals surface area contributed by atoms with E-state index in [1.807, 2.05) is 19.9 Å². The summed E-state index contributed by atoms with van der Waals surface area (Å²) in [6.07, 6.45) is 2.32. The molecule has 0 fully saturated rings. The van der Waals surface area contributed by atoms with Crippen molar-refractivity contribution in [2.45, 2.75) is 33.6 Å². The number of anilines is 1. The van der Waals surface area contributed by atoms with Gasteiger partial charge in [0.1, 0.15) is 0 Å². The van der Waals surface area contributed by atoms with E-state index in [4.69, 9.17) is 5.73 Å². The number of rotatable bonds is 6. The summed E-state index contributed by atoms with van der Waals surface area (Å²) < 4.78 is 0. The zero-order chi connectivity index (χ0) is 12.0. The van der Waals surface area contributed by atoms with Crippen molar-refractivity contribution in [3.63, 3.8) is 0 Å². The highest BCUT2D eigenvalue weighted by Crippen LogP contribution is 2.10. The summed E-state index contributed by atoms with van der Waals surface area (Å²) in [5.41, 5.74) is 7.65. The Labute approximate surface area is 97.9 Å². The lowest BCUT2D eigenvalue weighted by Gasteiger charge is -2.22. The predicted octanol–water partition coefficient (Wildman–Crippen LogP) is 1.66. The second-order valence-electron chi connectivity index (χ2n) is 4.08. The topological polar surface area (TPSA) is 55.0 Å². The van der Waals surface area contributed by atoms with Crippen molar-refractivity contribution in [2.24, 2.45) is 5.73 Å². The maximum atomic E-state index is 5.62. The summed E-state index contributed by atoms with van der Waals surface area (Å²) in [7, 11) is 0. The summed E-state index contributed by atoms with van der Waals surface area (Å²) in [6.45, 7) is 8.62. The molecule has 0 aliphatic carbocycles. The van der Waals surface area contributed by atoms with Gasteiger partial charge in [-0.2, -0.15) is 0 Å². The van der Waals surface area contributed by atoms with Gasteiger partial charge < -0.3 is 10.6 Å². The van der Waals surface area contributed by atoms with Gasteiger partial charge in [0.2, 0.25) is 5.95 Å². The van der Waals surface area contributed by atoms with E-state index in [0.29, 0.717) is 6.54 Å². The molecular formula is C12H22N4. The molecule has 2 N–H and O–H groups in total. The zero-order valence-corrected chi connectivity index (χ0v) is 10.5. The minimum absolute atomic E-state index is 0.639. The number of nitrogens with zero attached hydrogens (tertiary/aromatic N) is 3. The fourth-order valence-electron chi connectivity index (χ4n) is 1.67. The van der Waals surface area contributed by atoms with Crippen LogP contribution in [0.15, 0.2) is 6.07 Å². The summed E-state index contributed by atoms with van der Waals surface area (Å²) in [6, 6.07) is 1.99. The molecule has 1 aromatic rings. The molecule has 0 saturated carbocycles. The van der Waals surface area contributed by atoms with Gasteiger partial charge in [-0.25, -0.2) is 9.97 Å². The SMILES string of the molecule is CCCCN(CCN)c1nc(C)cc(C)n1. The highest BCUT2D eigenvalue weighted by molar-refractivity contribution is 5.32. The van der Waals surface area contributed by atoms with Gasteiger partial charge >= 0.3 is 0 Å². The molecule has 4 nitrogen and oxygen atoms in total. The molecule has 0 amide bonds. The van der Waals surface area contributed by atoms with Crippen LogP contribution in [0, 0.1) is 13.8 Å². The van der Waals surface area contributed by atoms with E-state index < -0.39 is 0 Å². The lowest BCUT2D eigenvalue weighted by molar-refractivity contribution is 0.695. The smallest absolute Gasteiger partial charge is 0.225 e. The maximum Gasteiger partial charge on any atom is 0.225 e. The highest BCUT2D eigenvalue weighted by Gasteiger charge is 2.08. The number of hydrogen-bond donors (Lipinski definition) is 1. The molecule has 0 saturated heterocycles. The number of aromatic nitrogens is 2. The van der Waals surface area contributed by atoms with E-state index in [1.165, 1.54) is 6.42 Å². The molecule has 0 radical (unpaired) electrons. The van der Waals surface area contributed by atoms with E-state index >= 15 is 0 Å². The van der Waals surface area contributed by atoms with Crippen molar-refractivity contribution in [3.05, 3.63) is 17.5 Å². The first-order valence-electron chi connectivity index (χ1n) is 5.94. The molecule has 0 aliphatic rings. The van der Waals surface area contributed by atoms with Crippen LogP contribution in [0.4, 0.5) is 5.95 Å². The molecule has 16 heavy (non-hydrogen) atoms. The van der Waals surface area contributed by atoms with Gasteiger partial charge in [-0.15, -0.1) is 0 Å². The molecule has 1 heterocycles. The molecule has 0 aromatic carbocycles. The number of hydrogen-bond acceptors (Lipinski definition) is 4. The largest absolute Gasteiger partial charge is 0.340 e. The van der Waals surface area contributed by atoms with Crippen molar-refractivity contribution in [3.8, 4) is 0 Å². The molecule has 0 unspecified atom stereocenters. The Kier molecular flexibility index (Phi) is 5.19. The summed E-state index contributed by atoms with van der Waals surface area (Å²) in [5.74, 6) is 0.816. The minimum Gasteiger partial charge on any atom is -0.340 e. The second kappa shape index (κ2) is 6.43. The van der Waals surface area contributed by atoms with Gasteiger partial charge in [0, 0.05) is 31.0 Å². The third-order valence-corrected chi connectivity index (χ3v) is 2.43. The molecule has 1 rings (SSSR count). The van der Waals surface area contributed by atoms with Crippen LogP contribution in [0.3, 0.4) is 0 Å². The van der Waals surface area contributed by atoms with Crippen LogP contribution in [0.25, 0.3) is 0 Å². The molecule has 0 aliphatic heterocycles. The fraction of sp³-hybridized carbons (Fsp3) is 0.667. The van der Waals surface area contributed by atoms with Gasteiger partial charge in [0.15, 0.2) is 0 Å². The summed E-state index contributed by atoms with van der Waals surface area (Å²) >= 11 is 0. The third-order valence-electron chi connectivity index (χ3n) is 2.43. The van der Waals surface area contributed by atoms with Crippen LogP contribution in [0.2, 0.25) is 0 Å². The second-order valence-corrected chi connectivity index (χ2v) is 4.08. The van der Waals surface area contributed by atoms with E-state index in [-0.39, 0.29) is 0 Å². The van der Waals surface area contributed by atoms with Gasteiger partial charge in [0.25, 0.3) is 0 Å². The maximum absolute atomic E-state index is 5.62. The average molecular weight is 222 g/mol. The first-order chi connectivity index (χ1) is 7.67. The van der Waals surface area contributed by atoms with Gasteiger partial charge in [-0.1, -0.05) is 13.3 Å². The summed E-state index contributed by atoms with van der Waals surface area (Å²) in [5, 5.41) is 0. The van der Waals surface area contributed by atoms with Crippen LogP contribution < -0.4 is 10.6 Å². The van der Waals surface area contributed by atoms with Crippen LogP contribution >= 0.6 is 0 Å². The minimum atomic E-state index is 0.639. The van der Waals surface area contributed by atoms with Crippen molar-refractivity contribution in [1.82, 2.24) is 9.97 Å².